The van der Waals surface area contributed by atoms with Crippen molar-refractivity contribution < 1.29 is 18.8 Å². The second-order valence-corrected chi connectivity index (χ2v) is 9.21. The van der Waals surface area contributed by atoms with Crippen molar-refractivity contribution in [1.82, 2.24) is 0 Å². The standard InChI is InChI=1S/C20H30BNO4/c1-18(2,3)15-12-14(21-25-19(4,5)20(6,7)26-21)8-9-16(15)22-10-11-24-13-17(22)23/h8-9,12H,10-11,13H2,1-7H3. The Morgan fingerprint density at radius 2 is 1.69 bits per heavy atom. The lowest BCUT2D eigenvalue weighted by molar-refractivity contribution is -0.125. The Bertz CT molecular complexity index is 692. The minimum absolute atomic E-state index is 0.00475. The Hall–Kier alpha value is -1.37. The highest BCUT2D eigenvalue weighted by atomic mass is 16.7. The van der Waals surface area contributed by atoms with Gasteiger partial charge in [0, 0.05) is 12.2 Å². The summed E-state index contributed by atoms with van der Waals surface area (Å²) in [5.41, 5.74) is 2.17. The highest BCUT2D eigenvalue weighted by Crippen LogP contribution is 2.38. The number of rotatable bonds is 2. The summed E-state index contributed by atoms with van der Waals surface area (Å²) >= 11 is 0. The van der Waals surface area contributed by atoms with Gasteiger partial charge in [-0.3, -0.25) is 4.79 Å². The summed E-state index contributed by atoms with van der Waals surface area (Å²) in [5, 5.41) is 0. The zero-order chi connectivity index (χ0) is 19.3. The van der Waals surface area contributed by atoms with Crippen LogP contribution in [-0.2, 0) is 24.3 Å². The average Bonchev–Trinajstić information content (AvgIpc) is 2.74. The molecule has 2 fully saturated rings. The van der Waals surface area contributed by atoms with Gasteiger partial charge in [-0.1, -0.05) is 32.9 Å². The quantitative estimate of drug-likeness (QED) is 0.762. The average molecular weight is 359 g/mol. The van der Waals surface area contributed by atoms with E-state index < -0.39 is 7.12 Å². The summed E-state index contributed by atoms with van der Waals surface area (Å²) in [7, 11) is -0.407. The van der Waals surface area contributed by atoms with E-state index in [2.05, 4.69) is 54.5 Å². The van der Waals surface area contributed by atoms with E-state index in [1.54, 1.807) is 0 Å². The monoisotopic (exact) mass is 359 g/mol. The van der Waals surface area contributed by atoms with Crippen LogP contribution in [0.15, 0.2) is 18.2 Å². The molecule has 0 unspecified atom stereocenters. The molecule has 0 radical (unpaired) electrons. The van der Waals surface area contributed by atoms with Crippen LogP contribution in [0.1, 0.15) is 54.0 Å². The van der Waals surface area contributed by atoms with Crippen LogP contribution in [0.5, 0.6) is 0 Å². The lowest BCUT2D eigenvalue weighted by Crippen LogP contribution is -2.43. The van der Waals surface area contributed by atoms with Crippen LogP contribution in [0.2, 0.25) is 0 Å². The van der Waals surface area contributed by atoms with Crippen molar-refractivity contribution in [3.05, 3.63) is 23.8 Å². The Labute approximate surface area is 157 Å². The third-order valence-corrected chi connectivity index (χ3v) is 5.63. The number of ether oxygens (including phenoxy) is 1. The van der Waals surface area contributed by atoms with E-state index in [1.807, 2.05) is 17.0 Å². The molecule has 6 heteroatoms. The van der Waals surface area contributed by atoms with Crippen molar-refractivity contribution in [2.45, 2.75) is 65.1 Å². The molecule has 0 aromatic heterocycles. The number of benzene rings is 1. The molecule has 26 heavy (non-hydrogen) atoms. The number of carbonyl (C=O) groups is 1. The molecule has 0 atom stereocenters. The Morgan fingerprint density at radius 1 is 1.08 bits per heavy atom. The van der Waals surface area contributed by atoms with Gasteiger partial charge in [0.2, 0.25) is 0 Å². The fourth-order valence-electron chi connectivity index (χ4n) is 3.29. The first-order chi connectivity index (χ1) is 11.9. The predicted octanol–water partition coefficient (Wildman–Crippen LogP) is 2.65. The lowest BCUT2D eigenvalue weighted by Gasteiger charge is -2.33. The van der Waals surface area contributed by atoms with Gasteiger partial charge in [0.15, 0.2) is 0 Å². The zero-order valence-corrected chi connectivity index (χ0v) is 17.0. The first kappa shape index (κ1) is 19.4. The van der Waals surface area contributed by atoms with Gasteiger partial charge in [0.25, 0.3) is 5.91 Å². The van der Waals surface area contributed by atoms with Gasteiger partial charge in [-0.25, -0.2) is 0 Å². The van der Waals surface area contributed by atoms with Gasteiger partial charge in [-0.05, 0) is 50.2 Å². The van der Waals surface area contributed by atoms with E-state index in [0.29, 0.717) is 13.2 Å². The molecule has 2 heterocycles. The molecular formula is C20H30BNO4. The van der Waals surface area contributed by atoms with Gasteiger partial charge < -0.3 is 18.9 Å². The van der Waals surface area contributed by atoms with Gasteiger partial charge in [0.05, 0.1) is 17.8 Å². The third-order valence-electron chi connectivity index (χ3n) is 5.63. The third kappa shape index (κ3) is 3.42. The topological polar surface area (TPSA) is 48.0 Å². The van der Waals surface area contributed by atoms with E-state index in [0.717, 1.165) is 16.7 Å². The summed E-state index contributed by atoms with van der Waals surface area (Å²) < 4.78 is 17.7. The first-order valence-electron chi connectivity index (χ1n) is 9.30. The fourth-order valence-corrected chi connectivity index (χ4v) is 3.29. The molecule has 0 N–H and O–H groups in total. The molecule has 2 aliphatic heterocycles. The normalized spacial score (nSPS) is 22.8. The maximum absolute atomic E-state index is 12.3. The largest absolute Gasteiger partial charge is 0.494 e. The predicted molar refractivity (Wildman–Crippen MR) is 104 cm³/mol. The highest BCUT2D eigenvalue weighted by Gasteiger charge is 2.51. The molecule has 142 valence electrons. The summed E-state index contributed by atoms with van der Waals surface area (Å²) in [5.74, 6) is 0.00475. The number of carbonyl (C=O) groups excluding carboxylic acids is 1. The minimum atomic E-state index is -0.407. The second-order valence-electron chi connectivity index (χ2n) is 9.21. The molecule has 5 nitrogen and oxygen atoms in total. The van der Waals surface area contributed by atoms with E-state index in [4.69, 9.17) is 14.0 Å². The van der Waals surface area contributed by atoms with Gasteiger partial charge in [-0.15, -0.1) is 0 Å². The number of morpholine rings is 1. The molecule has 0 bridgehead atoms. The van der Waals surface area contributed by atoms with Crippen LogP contribution >= 0.6 is 0 Å². The molecule has 2 saturated heterocycles. The van der Waals surface area contributed by atoms with Crippen LogP contribution < -0.4 is 10.4 Å². The van der Waals surface area contributed by atoms with Crippen LogP contribution in [0.4, 0.5) is 5.69 Å². The van der Waals surface area contributed by atoms with Crippen molar-refractivity contribution in [2.24, 2.45) is 0 Å². The number of hydrogen-bond donors (Lipinski definition) is 0. The van der Waals surface area contributed by atoms with Crippen LogP contribution in [0.3, 0.4) is 0 Å². The Balaban J connectivity index is 1.99. The molecule has 0 saturated carbocycles. The lowest BCUT2D eigenvalue weighted by atomic mass is 9.74. The van der Waals surface area contributed by atoms with Gasteiger partial charge >= 0.3 is 7.12 Å². The Kier molecular flexibility index (Phi) is 4.74. The fraction of sp³-hybridized carbons (Fsp3) is 0.650. The SMILES string of the molecule is CC(C)(C)c1cc(B2OC(C)(C)C(C)(C)O2)ccc1N1CCOCC1=O. The van der Waals surface area contributed by atoms with Crippen molar-refractivity contribution in [1.29, 1.82) is 0 Å². The molecule has 3 rings (SSSR count). The smallest absolute Gasteiger partial charge is 0.399 e. The van der Waals surface area contributed by atoms with Crippen molar-refractivity contribution in [3.8, 4) is 0 Å². The van der Waals surface area contributed by atoms with Crippen LogP contribution in [-0.4, -0.2) is 44.0 Å². The highest BCUT2D eigenvalue weighted by molar-refractivity contribution is 6.62. The van der Waals surface area contributed by atoms with E-state index in [1.165, 1.54) is 0 Å². The number of hydrogen-bond acceptors (Lipinski definition) is 4. The molecule has 1 amide bonds. The molecule has 0 aliphatic carbocycles. The summed E-state index contributed by atoms with van der Waals surface area (Å²) in [4.78, 5) is 14.2. The molecular weight excluding hydrogens is 329 g/mol. The van der Waals surface area contributed by atoms with Crippen molar-refractivity contribution in [2.75, 3.05) is 24.7 Å². The van der Waals surface area contributed by atoms with E-state index in [9.17, 15) is 4.79 Å². The number of nitrogens with zero attached hydrogens (tertiary/aromatic N) is 1. The van der Waals surface area contributed by atoms with Gasteiger partial charge in [-0.2, -0.15) is 0 Å². The van der Waals surface area contributed by atoms with Crippen molar-refractivity contribution >= 4 is 24.2 Å². The summed E-state index contributed by atoms with van der Waals surface area (Å²) in [6.45, 7) is 16.0. The van der Waals surface area contributed by atoms with E-state index in [-0.39, 0.29) is 29.1 Å². The second kappa shape index (κ2) is 6.36. The Morgan fingerprint density at radius 3 is 2.23 bits per heavy atom. The maximum Gasteiger partial charge on any atom is 0.494 e. The van der Waals surface area contributed by atoms with E-state index >= 15 is 0 Å². The van der Waals surface area contributed by atoms with Crippen LogP contribution in [0, 0.1) is 0 Å². The minimum Gasteiger partial charge on any atom is -0.399 e. The van der Waals surface area contributed by atoms with Gasteiger partial charge in [0.1, 0.15) is 6.61 Å². The maximum atomic E-state index is 12.3. The zero-order valence-electron chi connectivity index (χ0n) is 17.0. The summed E-state index contributed by atoms with van der Waals surface area (Å²) in [6.07, 6.45) is 0. The summed E-state index contributed by atoms with van der Waals surface area (Å²) in [6, 6.07) is 6.15. The molecule has 0 spiro atoms. The van der Waals surface area contributed by atoms with Crippen LogP contribution in [0.25, 0.3) is 0 Å². The number of amides is 1. The number of anilines is 1. The first-order valence-corrected chi connectivity index (χ1v) is 9.30. The van der Waals surface area contributed by atoms with Crippen molar-refractivity contribution in [3.63, 3.8) is 0 Å². The molecule has 2 aliphatic rings. The molecule has 1 aromatic rings. The molecule has 1 aromatic carbocycles.